The summed E-state index contributed by atoms with van der Waals surface area (Å²) in [6.45, 7) is 15.1. The van der Waals surface area contributed by atoms with Crippen LogP contribution < -0.4 is 5.56 Å². The van der Waals surface area contributed by atoms with Gasteiger partial charge in [-0.2, -0.15) is 0 Å². The topological polar surface area (TPSA) is 86.6 Å². The maximum absolute atomic E-state index is 13.7. The van der Waals surface area contributed by atoms with Crippen molar-refractivity contribution < 1.29 is 14.3 Å². The van der Waals surface area contributed by atoms with Crippen molar-refractivity contribution >= 4 is 34.6 Å². The van der Waals surface area contributed by atoms with Gasteiger partial charge in [0.25, 0.3) is 5.56 Å². The first-order valence-corrected chi connectivity index (χ1v) is 12.5. The number of carbonyl (C=O) groups is 1. The first kappa shape index (κ1) is 23.6. The number of nitrogens with zero attached hydrogens (tertiary/aromatic N) is 4. The molecule has 2 aromatic heterocycles. The lowest BCUT2D eigenvalue weighted by atomic mass is 9.60. The average Bonchev–Trinajstić information content (AvgIpc) is 2.66. The predicted octanol–water partition coefficient (Wildman–Crippen LogP) is 4.40. The zero-order chi connectivity index (χ0) is 24.1. The lowest BCUT2D eigenvalue weighted by Gasteiger charge is -2.58. The lowest BCUT2D eigenvalue weighted by molar-refractivity contribution is -0.0906. The minimum absolute atomic E-state index is 0.000769. The van der Waals surface area contributed by atoms with Crippen LogP contribution >= 0.6 is 11.8 Å². The van der Waals surface area contributed by atoms with Crippen molar-refractivity contribution in [2.45, 2.75) is 64.3 Å². The molecule has 3 heterocycles. The summed E-state index contributed by atoms with van der Waals surface area (Å²) in [5, 5.41) is 1.45. The number of ether oxygens (including phenoxy) is 2. The molecule has 0 N–H and O–H groups in total. The number of hydrogen-bond acceptors (Lipinski definition) is 7. The summed E-state index contributed by atoms with van der Waals surface area (Å²) in [6, 6.07) is -0.000769. The smallest absolute Gasteiger partial charge is 0.410 e. The molecule has 2 fully saturated rings. The zero-order valence-electron chi connectivity index (χ0n) is 20.2. The first-order chi connectivity index (χ1) is 15.5. The molecule has 178 valence electrons. The zero-order valence-corrected chi connectivity index (χ0v) is 21.0. The van der Waals surface area contributed by atoms with Crippen LogP contribution in [0.3, 0.4) is 0 Å². The molecular formula is C24H32N4O4S. The monoisotopic (exact) mass is 472 g/mol. The minimum atomic E-state index is -0.510. The van der Waals surface area contributed by atoms with Gasteiger partial charge in [-0.05, 0) is 59.3 Å². The molecule has 33 heavy (non-hydrogen) atoms. The van der Waals surface area contributed by atoms with Gasteiger partial charge in [-0.25, -0.2) is 14.8 Å². The van der Waals surface area contributed by atoms with Gasteiger partial charge >= 0.3 is 6.09 Å². The largest absolute Gasteiger partial charge is 0.494 e. The highest BCUT2D eigenvalue weighted by molar-refractivity contribution is 7.98. The summed E-state index contributed by atoms with van der Waals surface area (Å²) in [5.41, 5.74) is 1.30. The Morgan fingerprint density at radius 2 is 2.00 bits per heavy atom. The van der Waals surface area contributed by atoms with Crippen LogP contribution in [0.1, 0.15) is 57.7 Å². The van der Waals surface area contributed by atoms with Crippen molar-refractivity contribution in [2.75, 3.05) is 26.0 Å². The third-order valence-electron chi connectivity index (χ3n) is 6.37. The van der Waals surface area contributed by atoms with Crippen molar-refractivity contribution in [3.05, 3.63) is 34.3 Å². The summed E-state index contributed by atoms with van der Waals surface area (Å²) in [6.07, 6.45) is 5.04. The van der Waals surface area contributed by atoms with Crippen LogP contribution in [-0.2, 0) is 9.47 Å². The Hall–Kier alpha value is -2.55. The fraction of sp³-hybridized carbons (Fsp3) is 0.583. The number of amides is 1. The molecule has 1 amide bonds. The van der Waals surface area contributed by atoms with E-state index in [1.165, 1.54) is 11.8 Å². The number of aromatic nitrogens is 3. The Labute approximate surface area is 198 Å². The molecule has 0 aromatic carbocycles. The summed E-state index contributed by atoms with van der Waals surface area (Å²) in [4.78, 5) is 36.9. The maximum atomic E-state index is 13.7. The van der Waals surface area contributed by atoms with Crippen LogP contribution in [-0.4, -0.2) is 57.1 Å². The summed E-state index contributed by atoms with van der Waals surface area (Å²) >= 11 is 1.45. The van der Waals surface area contributed by atoms with Gasteiger partial charge in [0, 0.05) is 36.1 Å². The highest BCUT2D eigenvalue weighted by atomic mass is 32.2. The molecule has 9 heteroatoms. The molecule has 1 aliphatic heterocycles. The molecule has 1 saturated heterocycles. The average molecular weight is 473 g/mol. The van der Waals surface area contributed by atoms with Crippen molar-refractivity contribution in [1.82, 2.24) is 19.4 Å². The number of hydrogen-bond donors (Lipinski definition) is 0. The molecule has 1 spiro atoms. The van der Waals surface area contributed by atoms with Crippen LogP contribution in [0.25, 0.3) is 16.8 Å². The SMILES string of the molecule is C=C(OCC)c1c(C)c2cnc(SC)nc2n(C2CC3(C2)CN(C(=O)OC(C)(C)C)C3)c1=O. The van der Waals surface area contributed by atoms with Gasteiger partial charge in [0.05, 0.1) is 12.2 Å². The van der Waals surface area contributed by atoms with Gasteiger partial charge in [0.2, 0.25) is 0 Å². The number of fused-ring (bicyclic) bond motifs is 1. The van der Waals surface area contributed by atoms with E-state index >= 15 is 0 Å². The highest BCUT2D eigenvalue weighted by Gasteiger charge is 2.55. The summed E-state index contributed by atoms with van der Waals surface area (Å²) < 4.78 is 12.9. The number of carbonyl (C=O) groups excluding carboxylic acids is 1. The minimum Gasteiger partial charge on any atom is -0.494 e. The molecule has 2 aliphatic rings. The third-order valence-corrected chi connectivity index (χ3v) is 6.93. The second-order valence-corrected chi connectivity index (χ2v) is 10.8. The molecule has 8 nitrogen and oxygen atoms in total. The molecule has 1 aliphatic carbocycles. The van der Waals surface area contributed by atoms with Crippen molar-refractivity contribution in [3.63, 3.8) is 0 Å². The predicted molar refractivity (Wildman–Crippen MR) is 129 cm³/mol. The van der Waals surface area contributed by atoms with Gasteiger partial charge in [-0.1, -0.05) is 18.3 Å². The molecule has 4 rings (SSSR count). The van der Waals surface area contributed by atoms with Crippen LogP contribution in [0.4, 0.5) is 4.79 Å². The van der Waals surface area contributed by atoms with E-state index in [4.69, 9.17) is 14.5 Å². The van der Waals surface area contributed by atoms with E-state index in [1.54, 1.807) is 15.7 Å². The van der Waals surface area contributed by atoms with E-state index in [-0.39, 0.29) is 23.1 Å². The molecule has 0 atom stereocenters. The molecule has 0 unspecified atom stereocenters. The highest BCUT2D eigenvalue weighted by Crippen LogP contribution is 2.54. The Kier molecular flexibility index (Phi) is 5.97. The quantitative estimate of drug-likeness (QED) is 0.362. The van der Waals surface area contributed by atoms with Crippen LogP contribution in [0.5, 0.6) is 0 Å². The molecule has 0 radical (unpaired) electrons. The lowest BCUT2D eigenvalue weighted by Crippen LogP contribution is -2.64. The second kappa shape index (κ2) is 8.34. The number of thioether (sulfide) groups is 1. The number of aryl methyl sites for hydroxylation is 1. The Balaban J connectivity index is 1.64. The van der Waals surface area contributed by atoms with Crippen molar-refractivity contribution in [2.24, 2.45) is 5.41 Å². The fourth-order valence-corrected chi connectivity index (χ4v) is 5.26. The normalized spacial score (nSPS) is 17.6. The van der Waals surface area contributed by atoms with Crippen LogP contribution in [0.2, 0.25) is 0 Å². The molecule has 0 bridgehead atoms. The number of likely N-dealkylation sites (tertiary alicyclic amines) is 1. The van der Waals surface area contributed by atoms with Gasteiger partial charge in [-0.15, -0.1) is 0 Å². The van der Waals surface area contributed by atoms with Crippen LogP contribution in [0.15, 0.2) is 22.7 Å². The molecule has 2 aromatic rings. The van der Waals surface area contributed by atoms with Gasteiger partial charge in [0.1, 0.15) is 17.0 Å². The van der Waals surface area contributed by atoms with E-state index in [0.29, 0.717) is 41.8 Å². The second-order valence-electron chi connectivity index (χ2n) is 10.0. The van der Waals surface area contributed by atoms with E-state index in [1.807, 2.05) is 40.9 Å². The number of pyridine rings is 1. The standard InChI is InChI=1S/C24H32N4O4S/c1-8-31-15(3)18-14(2)17-11-25-21(33-7)26-19(17)28(20(18)29)16-9-24(10-16)12-27(13-24)22(30)32-23(4,5)6/h11,16H,3,8-10,12-13H2,1-2,4-7H3. The fourth-order valence-electron chi connectivity index (χ4n) is 4.93. The number of rotatable bonds is 5. The molecule has 1 saturated carbocycles. The maximum Gasteiger partial charge on any atom is 0.410 e. The Morgan fingerprint density at radius 1 is 1.33 bits per heavy atom. The van der Waals surface area contributed by atoms with E-state index in [2.05, 4.69) is 11.6 Å². The van der Waals surface area contributed by atoms with E-state index in [9.17, 15) is 9.59 Å². The molecular weight excluding hydrogens is 440 g/mol. The summed E-state index contributed by atoms with van der Waals surface area (Å²) in [7, 11) is 0. The van der Waals surface area contributed by atoms with Gasteiger partial charge in [-0.3, -0.25) is 9.36 Å². The van der Waals surface area contributed by atoms with Crippen molar-refractivity contribution in [3.8, 4) is 0 Å². The summed E-state index contributed by atoms with van der Waals surface area (Å²) in [5.74, 6) is 0.373. The van der Waals surface area contributed by atoms with Gasteiger partial charge in [0.15, 0.2) is 5.16 Å². The van der Waals surface area contributed by atoms with Gasteiger partial charge < -0.3 is 14.4 Å². The Bertz CT molecular complexity index is 1170. The van der Waals surface area contributed by atoms with Crippen molar-refractivity contribution in [1.29, 1.82) is 0 Å². The van der Waals surface area contributed by atoms with E-state index < -0.39 is 5.60 Å². The third kappa shape index (κ3) is 4.23. The van der Waals surface area contributed by atoms with Crippen LogP contribution in [0, 0.1) is 12.3 Å². The first-order valence-electron chi connectivity index (χ1n) is 11.2. The Morgan fingerprint density at radius 3 is 2.58 bits per heavy atom. The van der Waals surface area contributed by atoms with E-state index in [0.717, 1.165) is 23.8 Å².